The molecular weight excluding hydrogens is 373 g/mol. The summed E-state index contributed by atoms with van der Waals surface area (Å²) < 4.78 is 5.00. The van der Waals surface area contributed by atoms with Crippen LogP contribution in [-0.4, -0.2) is 23.3 Å². The number of pyridine rings is 1. The highest BCUT2D eigenvalue weighted by molar-refractivity contribution is 6.48. The molecule has 124 valence electrons. The first kappa shape index (κ1) is 17.2. The number of carbonyl (C=O) groups excluding carboxylic acids is 2. The molecule has 0 N–H and O–H groups in total. The molecule has 4 nitrogen and oxygen atoms in total. The third-order valence-corrected chi connectivity index (χ3v) is 5.11. The van der Waals surface area contributed by atoms with Gasteiger partial charge in [-0.1, -0.05) is 46.9 Å². The molecule has 7 heteroatoms. The van der Waals surface area contributed by atoms with Crippen LogP contribution in [0, 0.1) is 0 Å². The van der Waals surface area contributed by atoms with Crippen molar-refractivity contribution in [2.75, 3.05) is 6.61 Å². The highest BCUT2D eigenvalue weighted by Gasteiger charge is 2.20. The van der Waals surface area contributed by atoms with Crippen LogP contribution in [0.3, 0.4) is 0 Å². The Morgan fingerprint density at radius 2 is 1.83 bits per heavy atom. The summed E-state index contributed by atoms with van der Waals surface area (Å²) in [6.45, 7) is -0.393. The van der Waals surface area contributed by atoms with E-state index < -0.39 is 12.6 Å². The molecule has 2 aromatic rings. The molecule has 1 aromatic carbocycles. The van der Waals surface area contributed by atoms with Gasteiger partial charge in [0.15, 0.2) is 18.1 Å². The molecule has 24 heavy (non-hydrogen) atoms. The maximum Gasteiger partial charge on any atom is 0.358 e. The zero-order chi connectivity index (χ0) is 17.3. The molecule has 0 saturated heterocycles. The Bertz CT molecular complexity index is 836. The van der Waals surface area contributed by atoms with Gasteiger partial charge >= 0.3 is 5.97 Å². The van der Waals surface area contributed by atoms with E-state index in [4.69, 9.17) is 39.5 Å². The molecule has 0 aliphatic heterocycles. The van der Waals surface area contributed by atoms with E-state index in [1.54, 1.807) is 6.07 Å². The number of halogens is 3. The molecule has 1 aliphatic carbocycles. The Morgan fingerprint density at radius 3 is 2.62 bits per heavy atom. The number of nitrogens with zero attached hydrogens (tertiary/aromatic N) is 1. The topological polar surface area (TPSA) is 56.3 Å². The lowest BCUT2D eigenvalue weighted by Crippen LogP contribution is -2.16. The Balaban J connectivity index is 1.68. The molecular formula is C17H12Cl3NO3. The third-order valence-electron chi connectivity index (χ3n) is 3.87. The van der Waals surface area contributed by atoms with E-state index in [-0.39, 0.29) is 26.5 Å². The fourth-order valence-electron chi connectivity index (χ4n) is 2.61. The standard InChI is InChI=1S/C17H12Cl3NO3/c18-12-7-21-16(15(20)14(12)19)17(23)24-8-13(22)11-5-4-9-2-1-3-10(9)6-11/h4-7H,1-3,8H2. The maximum absolute atomic E-state index is 12.2. The highest BCUT2D eigenvalue weighted by Crippen LogP contribution is 2.31. The number of hydrogen-bond donors (Lipinski definition) is 0. The van der Waals surface area contributed by atoms with Crippen molar-refractivity contribution in [2.24, 2.45) is 0 Å². The van der Waals surface area contributed by atoms with Gasteiger partial charge in [-0.15, -0.1) is 0 Å². The predicted octanol–water partition coefficient (Wildman–Crippen LogP) is 4.57. The van der Waals surface area contributed by atoms with Gasteiger partial charge in [0, 0.05) is 11.8 Å². The van der Waals surface area contributed by atoms with Crippen LogP contribution in [-0.2, 0) is 17.6 Å². The normalized spacial score (nSPS) is 12.8. The number of benzene rings is 1. The largest absolute Gasteiger partial charge is 0.453 e. The first-order valence-electron chi connectivity index (χ1n) is 7.29. The molecule has 0 saturated carbocycles. The van der Waals surface area contributed by atoms with Crippen molar-refractivity contribution in [1.82, 2.24) is 4.98 Å². The van der Waals surface area contributed by atoms with E-state index in [1.807, 2.05) is 12.1 Å². The van der Waals surface area contributed by atoms with Crippen molar-refractivity contribution in [1.29, 1.82) is 0 Å². The van der Waals surface area contributed by atoms with Crippen LogP contribution in [0.2, 0.25) is 15.1 Å². The summed E-state index contributed by atoms with van der Waals surface area (Å²) in [4.78, 5) is 28.0. The Kier molecular flexibility index (Phi) is 5.09. The van der Waals surface area contributed by atoms with Crippen LogP contribution in [0.5, 0.6) is 0 Å². The first-order valence-corrected chi connectivity index (χ1v) is 8.42. The average molecular weight is 385 g/mol. The molecule has 0 amide bonds. The molecule has 0 fully saturated rings. The number of aromatic nitrogens is 1. The lowest BCUT2D eigenvalue weighted by atomic mass is 10.0. The number of rotatable bonds is 4. The van der Waals surface area contributed by atoms with E-state index in [0.717, 1.165) is 19.3 Å². The number of ketones is 1. The van der Waals surface area contributed by atoms with E-state index >= 15 is 0 Å². The molecule has 3 rings (SSSR count). The summed E-state index contributed by atoms with van der Waals surface area (Å²) >= 11 is 17.5. The zero-order valence-corrected chi connectivity index (χ0v) is 14.7. The maximum atomic E-state index is 12.2. The molecule has 0 bridgehead atoms. The Morgan fingerprint density at radius 1 is 1.08 bits per heavy atom. The summed E-state index contributed by atoms with van der Waals surface area (Å²) in [6, 6.07) is 5.57. The van der Waals surface area contributed by atoms with Gasteiger partial charge in [0.25, 0.3) is 0 Å². The van der Waals surface area contributed by atoms with Gasteiger partial charge in [0.2, 0.25) is 0 Å². The number of aryl methyl sites for hydroxylation is 2. The number of fused-ring (bicyclic) bond motifs is 1. The number of ether oxygens (including phenoxy) is 1. The van der Waals surface area contributed by atoms with Crippen LogP contribution in [0.4, 0.5) is 0 Å². The Labute approximate surface area is 153 Å². The van der Waals surface area contributed by atoms with Crippen LogP contribution < -0.4 is 0 Å². The van der Waals surface area contributed by atoms with Crippen molar-refractivity contribution in [3.8, 4) is 0 Å². The summed E-state index contributed by atoms with van der Waals surface area (Å²) in [5.41, 5.74) is 2.81. The smallest absolute Gasteiger partial charge is 0.358 e. The second-order valence-electron chi connectivity index (χ2n) is 5.42. The van der Waals surface area contributed by atoms with E-state index in [2.05, 4.69) is 4.98 Å². The summed E-state index contributed by atoms with van der Waals surface area (Å²) in [7, 11) is 0. The lowest BCUT2D eigenvalue weighted by Gasteiger charge is -2.08. The van der Waals surface area contributed by atoms with Gasteiger partial charge in [-0.25, -0.2) is 9.78 Å². The molecule has 1 aliphatic rings. The van der Waals surface area contributed by atoms with Gasteiger partial charge in [0.1, 0.15) is 0 Å². The van der Waals surface area contributed by atoms with Crippen LogP contribution in [0.25, 0.3) is 0 Å². The van der Waals surface area contributed by atoms with E-state index in [1.165, 1.54) is 17.3 Å². The molecule has 0 spiro atoms. The number of esters is 1. The fourth-order valence-corrected chi connectivity index (χ4v) is 3.17. The Hall–Kier alpha value is -1.62. The predicted molar refractivity (Wildman–Crippen MR) is 92.3 cm³/mol. The SMILES string of the molecule is O=C(COC(=O)c1ncc(Cl)c(Cl)c1Cl)c1ccc2c(c1)CCC2. The molecule has 1 aromatic heterocycles. The first-order chi connectivity index (χ1) is 11.5. The van der Waals surface area contributed by atoms with Crippen molar-refractivity contribution >= 4 is 46.6 Å². The number of Topliss-reactive ketones (excluding diaryl/α,β-unsaturated/α-hetero) is 1. The molecule has 0 atom stereocenters. The van der Waals surface area contributed by atoms with Gasteiger partial charge in [0.05, 0.1) is 15.1 Å². The minimum absolute atomic E-state index is 0.0187. The second-order valence-corrected chi connectivity index (χ2v) is 6.58. The summed E-state index contributed by atoms with van der Waals surface area (Å²) in [6.07, 6.45) is 4.32. The molecule has 0 unspecified atom stereocenters. The quantitative estimate of drug-likeness (QED) is 0.572. The average Bonchev–Trinajstić information content (AvgIpc) is 3.05. The summed E-state index contributed by atoms with van der Waals surface area (Å²) in [5.74, 6) is -1.11. The zero-order valence-electron chi connectivity index (χ0n) is 12.4. The summed E-state index contributed by atoms with van der Waals surface area (Å²) in [5, 5.41) is 0.0526. The highest BCUT2D eigenvalue weighted by atomic mass is 35.5. The molecule has 1 heterocycles. The van der Waals surface area contributed by atoms with Crippen molar-refractivity contribution < 1.29 is 14.3 Å². The van der Waals surface area contributed by atoms with Gasteiger partial charge in [-0.3, -0.25) is 4.79 Å². The van der Waals surface area contributed by atoms with Crippen molar-refractivity contribution in [2.45, 2.75) is 19.3 Å². The van der Waals surface area contributed by atoms with Gasteiger partial charge < -0.3 is 4.74 Å². The third kappa shape index (κ3) is 3.41. The van der Waals surface area contributed by atoms with Crippen molar-refractivity contribution in [3.05, 3.63) is 61.8 Å². The second kappa shape index (κ2) is 7.09. The number of carbonyl (C=O) groups is 2. The van der Waals surface area contributed by atoms with Gasteiger partial charge in [-0.05, 0) is 36.5 Å². The van der Waals surface area contributed by atoms with E-state index in [9.17, 15) is 9.59 Å². The minimum Gasteiger partial charge on any atom is -0.453 e. The lowest BCUT2D eigenvalue weighted by molar-refractivity contribution is 0.0469. The van der Waals surface area contributed by atoms with Gasteiger partial charge in [-0.2, -0.15) is 0 Å². The van der Waals surface area contributed by atoms with E-state index in [0.29, 0.717) is 5.56 Å². The fraction of sp³-hybridized carbons (Fsp3) is 0.235. The molecule has 0 radical (unpaired) electrons. The van der Waals surface area contributed by atoms with Crippen LogP contribution in [0.1, 0.15) is 38.4 Å². The monoisotopic (exact) mass is 383 g/mol. The minimum atomic E-state index is -0.826. The van der Waals surface area contributed by atoms with Crippen LogP contribution in [0.15, 0.2) is 24.4 Å². The number of hydrogen-bond acceptors (Lipinski definition) is 4. The van der Waals surface area contributed by atoms with Crippen LogP contribution >= 0.6 is 34.8 Å². The van der Waals surface area contributed by atoms with Crippen molar-refractivity contribution in [3.63, 3.8) is 0 Å².